The molecule has 0 saturated heterocycles. The Morgan fingerprint density at radius 2 is 1.82 bits per heavy atom. The maximum atomic E-state index is 5.90. The summed E-state index contributed by atoms with van der Waals surface area (Å²) >= 11 is 0. The van der Waals surface area contributed by atoms with Gasteiger partial charge in [0.05, 0.1) is 6.54 Å². The summed E-state index contributed by atoms with van der Waals surface area (Å²) < 4.78 is 5.87. The fraction of sp³-hybridized carbons (Fsp3) is 0.278. The number of benzene rings is 2. The molecule has 0 aliphatic heterocycles. The van der Waals surface area contributed by atoms with Crippen LogP contribution in [0.3, 0.4) is 0 Å². The largest absolute Gasteiger partial charge is 0.489 e. The van der Waals surface area contributed by atoms with Gasteiger partial charge in [-0.2, -0.15) is 0 Å². The molecule has 0 aliphatic carbocycles. The van der Waals surface area contributed by atoms with Crippen molar-refractivity contribution in [3.05, 3.63) is 59.7 Å². The fourth-order valence-corrected chi connectivity index (χ4v) is 1.99. The lowest BCUT2D eigenvalue weighted by atomic mass is 10.2. The third kappa shape index (κ3) is 4.81. The van der Waals surface area contributed by atoms with Crippen LogP contribution in [0.2, 0.25) is 0 Å². The van der Waals surface area contributed by atoms with Crippen LogP contribution in [0.1, 0.15) is 18.1 Å². The van der Waals surface area contributed by atoms with E-state index in [9.17, 15) is 0 Å². The summed E-state index contributed by atoms with van der Waals surface area (Å²) in [5, 5.41) is 3.07. The third-order valence-electron chi connectivity index (χ3n) is 3.26. The topological polar surface area (TPSA) is 59.6 Å². The SMILES string of the molecule is Cc1ccc(NC(N)=NCC(C)Oc2ccccc2C)cc1. The quantitative estimate of drug-likeness (QED) is 0.656. The van der Waals surface area contributed by atoms with Crippen molar-refractivity contribution in [3.8, 4) is 5.75 Å². The Morgan fingerprint density at radius 1 is 1.14 bits per heavy atom. The molecule has 3 N–H and O–H groups in total. The summed E-state index contributed by atoms with van der Waals surface area (Å²) in [6.45, 7) is 6.55. The number of hydrogen-bond donors (Lipinski definition) is 2. The number of nitrogens with two attached hydrogens (primary N) is 1. The summed E-state index contributed by atoms with van der Waals surface area (Å²) in [5.41, 5.74) is 9.15. The monoisotopic (exact) mass is 297 g/mol. The second kappa shape index (κ2) is 7.50. The zero-order valence-electron chi connectivity index (χ0n) is 13.3. The molecular formula is C18H23N3O. The van der Waals surface area contributed by atoms with E-state index in [2.05, 4.69) is 10.3 Å². The number of nitrogens with zero attached hydrogens (tertiary/aromatic N) is 1. The number of aliphatic imine (C=N–C) groups is 1. The lowest BCUT2D eigenvalue weighted by Crippen LogP contribution is -2.25. The maximum absolute atomic E-state index is 5.90. The molecule has 1 unspecified atom stereocenters. The van der Waals surface area contributed by atoms with E-state index >= 15 is 0 Å². The molecular weight excluding hydrogens is 274 g/mol. The minimum Gasteiger partial charge on any atom is -0.489 e. The van der Waals surface area contributed by atoms with E-state index in [-0.39, 0.29) is 6.10 Å². The van der Waals surface area contributed by atoms with Crippen LogP contribution in [0.5, 0.6) is 5.75 Å². The molecule has 2 rings (SSSR count). The highest BCUT2D eigenvalue weighted by molar-refractivity contribution is 5.92. The molecule has 0 amide bonds. The average molecular weight is 297 g/mol. The Balaban J connectivity index is 1.87. The van der Waals surface area contributed by atoms with Gasteiger partial charge in [-0.3, -0.25) is 0 Å². The van der Waals surface area contributed by atoms with Gasteiger partial charge in [-0.05, 0) is 44.5 Å². The Bertz CT molecular complexity index is 635. The molecule has 22 heavy (non-hydrogen) atoms. The molecule has 4 nitrogen and oxygen atoms in total. The molecule has 0 fully saturated rings. The van der Waals surface area contributed by atoms with Crippen LogP contribution in [0, 0.1) is 13.8 Å². The van der Waals surface area contributed by atoms with E-state index in [1.54, 1.807) is 0 Å². The van der Waals surface area contributed by atoms with Crippen LogP contribution >= 0.6 is 0 Å². The average Bonchev–Trinajstić information content (AvgIpc) is 2.50. The van der Waals surface area contributed by atoms with Crippen molar-refractivity contribution in [2.75, 3.05) is 11.9 Å². The van der Waals surface area contributed by atoms with Gasteiger partial charge in [0, 0.05) is 5.69 Å². The summed E-state index contributed by atoms with van der Waals surface area (Å²) in [6.07, 6.45) is -0.0422. The number of hydrogen-bond acceptors (Lipinski definition) is 2. The minimum absolute atomic E-state index is 0.0422. The van der Waals surface area contributed by atoms with Crippen LogP contribution < -0.4 is 15.8 Å². The number of rotatable bonds is 5. The van der Waals surface area contributed by atoms with Gasteiger partial charge in [-0.1, -0.05) is 35.9 Å². The van der Waals surface area contributed by atoms with E-state index < -0.39 is 0 Å². The normalized spacial score (nSPS) is 12.8. The van der Waals surface area contributed by atoms with Crippen molar-refractivity contribution in [1.82, 2.24) is 0 Å². The van der Waals surface area contributed by atoms with E-state index in [4.69, 9.17) is 10.5 Å². The summed E-state index contributed by atoms with van der Waals surface area (Å²) in [7, 11) is 0. The second-order valence-corrected chi connectivity index (χ2v) is 5.41. The van der Waals surface area contributed by atoms with Gasteiger partial charge < -0.3 is 15.8 Å². The predicted molar refractivity (Wildman–Crippen MR) is 92.6 cm³/mol. The van der Waals surface area contributed by atoms with Crippen molar-refractivity contribution >= 4 is 11.6 Å². The summed E-state index contributed by atoms with van der Waals surface area (Å²) in [5.74, 6) is 1.28. The van der Waals surface area contributed by atoms with Crippen molar-refractivity contribution in [2.24, 2.45) is 10.7 Å². The molecule has 116 valence electrons. The van der Waals surface area contributed by atoms with Gasteiger partial charge in [0.1, 0.15) is 11.9 Å². The zero-order valence-corrected chi connectivity index (χ0v) is 13.3. The van der Waals surface area contributed by atoms with Gasteiger partial charge in [0.2, 0.25) is 0 Å². The third-order valence-corrected chi connectivity index (χ3v) is 3.26. The molecule has 4 heteroatoms. The smallest absolute Gasteiger partial charge is 0.193 e. The van der Waals surface area contributed by atoms with Crippen LogP contribution in [0.15, 0.2) is 53.5 Å². The Kier molecular flexibility index (Phi) is 5.42. The van der Waals surface area contributed by atoms with Crippen LogP contribution in [-0.4, -0.2) is 18.6 Å². The number of para-hydroxylation sites is 1. The minimum atomic E-state index is -0.0422. The molecule has 0 spiro atoms. The first kappa shape index (κ1) is 15.9. The molecule has 0 heterocycles. The van der Waals surface area contributed by atoms with E-state index in [1.807, 2.05) is 69.3 Å². The molecule has 2 aromatic carbocycles. The van der Waals surface area contributed by atoms with Gasteiger partial charge in [-0.15, -0.1) is 0 Å². The first-order chi connectivity index (χ1) is 10.5. The Labute approximate surface area is 132 Å². The van der Waals surface area contributed by atoms with E-state index in [0.29, 0.717) is 12.5 Å². The highest BCUT2D eigenvalue weighted by Crippen LogP contribution is 2.17. The number of guanidine groups is 1. The molecule has 0 aliphatic rings. The Hall–Kier alpha value is -2.49. The van der Waals surface area contributed by atoms with E-state index in [1.165, 1.54) is 5.56 Å². The van der Waals surface area contributed by atoms with Crippen LogP contribution in [0.4, 0.5) is 5.69 Å². The molecule has 2 aromatic rings. The number of aryl methyl sites for hydroxylation is 2. The first-order valence-corrected chi connectivity index (χ1v) is 7.40. The molecule has 1 atom stereocenters. The Morgan fingerprint density at radius 3 is 2.50 bits per heavy atom. The summed E-state index contributed by atoms with van der Waals surface area (Å²) in [6, 6.07) is 16.0. The maximum Gasteiger partial charge on any atom is 0.193 e. The highest BCUT2D eigenvalue weighted by atomic mass is 16.5. The number of anilines is 1. The second-order valence-electron chi connectivity index (χ2n) is 5.41. The molecule has 0 aromatic heterocycles. The first-order valence-electron chi connectivity index (χ1n) is 7.40. The van der Waals surface area contributed by atoms with Crippen LogP contribution in [0.25, 0.3) is 0 Å². The van der Waals surface area contributed by atoms with E-state index in [0.717, 1.165) is 17.0 Å². The van der Waals surface area contributed by atoms with Crippen molar-refractivity contribution in [3.63, 3.8) is 0 Å². The predicted octanol–water partition coefficient (Wildman–Crippen LogP) is 3.50. The lowest BCUT2D eigenvalue weighted by Gasteiger charge is -2.15. The van der Waals surface area contributed by atoms with Crippen molar-refractivity contribution < 1.29 is 4.74 Å². The van der Waals surface area contributed by atoms with Gasteiger partial charge in [0.15, 0.2) is 5.96 Å². The standard InChI is InChI=1S/C18H23N3O/c1-13-8-10-16(11-9-13)21-18(19)20-12-15(3)22-17-7-5-4-6-14(17)2/h4-11,15H,12H2,1-3H3,(H3,19,20,21). The van der Waals surface area contributed by atoms with Gasteiger partial charge in [-0.25, -0.2) is 4.99 Å². The van der Waals surface area contributed by atoms with Crippen molar-refractivity contribution in [2.45, 2.75) is 26.9 Å². The highest BCUT2D eigenvalue weighted by Gasteiger charge is 2.05. The molecule has 0 saturated carbocycles. The molecule has 0 bridgehead atoms. The fourth-order valence-electron chi connectivity index (χ4n) is 1.99. The van der Waals surface area contributed by atoms with Crippen molar-refractivity contribution in [1.29, 1.82) is 0 Å². The van der Waals surface area contributed by atoms with Gasteiger partial charge in [0.25, 0.3) is 0 Å². The zero-order chi connectivity index (χ0) is 15.9. The lowest BCUT2D eigenvalue weighted by molar-refractivity contribution is 0.229. The van der Waals surface area contributed by atoms with Crippen LogP contribution in [-0.2, 0) is 0 Å². The number of ether oxygens (including phenoxy) is 1. The summed E-state index contributed by atoms with van der Waals surface area (Å²) in [4.78, 5) is 4.33. The molecule has 0 radical (unpaired) electrons. The van der Waals surface area contributed by atoms with Gasteiger partial charge >= 0.3 is 0 Å². The number of nitrogens with one attached hydrogen (secondary N) is 1.